The Morgan fingerprint density at radius 1 is 1.70 bits per heavy atom. The van der Waals surface area contributed by atoms with E-state index in [9.17, 15) is 0 Å². The molecule has 1 N–H and O–H groups in total. The first kappa shape index (κ1) is 7.58. The van der Waals surface area contributed by atoms with E-state index in [2.05, 4.69) is 21.2 Å². The van der Waals surface area contributed by atoms with Gasteiger partial charge >= 0.3 is 0 Å². The van der Waals surface area contributed by atoms with Crippen molar-refractivity contribution >= 4 is 27.3 Å². The van der Waals surface area contributed by atoms with Crippen molar-refractivity contribution in [1.82, 2.24) is 5.32 Å². The third kappa shape index (κ3) is 2.01. The summed E-state index contributed by atoms with van der Waals surface area (Å²) in [5.74, 6) is 0. The second kappa shape index (κ2) is 3.59. The van der Waals surface area contributed by atoms with Gasteiger partial charge in [-0.05, 0) is 28.1 Å². The highest BCUT2D eigenvalue weighted by Crippen LogP contribution is 2.21. The van der Waals surface area contributed by atoms with Gasteiger partial charge < -0.3 is 5.32 Å². The predicted octanol–water partition coefficient (Wildman–Crippen LogP) is 2.08. The number of nitrogens with one attached hydrogen (secondary N) is 1. The Labute approximate surface area is 71.6 Å². The van der Waals surface area contributed by atoms with Crippen molar-refractivity contribution in [2.45, 2.75) is 6.54 Å². The van der Waals surface area contributed by atoms with Crippen molar-refractivity contribution < 1.29 is 0 Å². The smallest absolute Gasteiger partial charge is 0.176 e. The maximum absolute atomic E-state index is 8.17. The van der Waals surface area contributed by atoms with E-state index in [1.165, 1.54) is 0 Å². The highest BCUT2D eigenvalue weighted by atomic mass is 79.9. The van der Waals surface area contributed by atoms with E-state index in [4.69, 9.17) is 5.26 Å². The third-order valence-electron chi connectivity index (χ3n) is 0.971. The fourth-order valence-electron chi connectivity index (χ4n) is 0.573. The van der Waals surface area contributed by atoms with Crippen LogP contribution in [-0.4, -0.2) is 0 Å². The Morgan fingerprint density at radius 2 is 2.50 bits per heavy atom. The van der Waals surface area contributed by atoms with Crippen LogP contribution in [0.2, 0.25) is 0 Å². The summed E-state index contributed by atoms with van der Waals surface area (Å²) < 4.78 is 1.10. The summed E-state index contributed by atoms with van der Waals surface area (Å²) in [6.45, 7) is 0.632. The first-order valence-electron chi connectivity index (χ1n) is 2.69. The van der Waals surface area contributed by atoms with Gasteiger partial charge in [-0.2, -0.15) is 5.26 Å². The maximum Gasteiger partial charge on any atom is 0.176 e. The molecule has 0 bridgehead atoms. The Kier molecular flexibility index (Phi) is 2.72. The Balaban J connectivity index is 2.52. The molecule has 0 amide bonds. The van der Waals surface area contributed by atoms with Gasteiger partial charge in [0.2, 0.25) is 0 Å². The van der Waals surface area contributed by atoms with Crippen molar-refractivity contribution in [3.05, 3.63) is 20.8 Å². The molecule has 0 aromatic carbocycles. The van der Waals surface area contributed by atoms with Crippen molar-refractivity contribution in [1.29, 1.82) is 5.26 Å². The summed E-state index contributed by atoms with van der Waals surface area (Å²) in [5, 5.41) is 10.7. The summed E-state index contributed by atoms with van der Waals surface area (Å²) in [6.07, 6.45) is 1.87. The van der Waals surface area contributed by atoms with Crippen LogP contribution in [0.1, 0.15) is 4.88 Å². The maximum atomic E-state index is 8.17. The molecule has 0 atom stereocenters. The third-order valence-corrected chi connectivity index (χ3v) is 2.59. The Hall–Kier alpha value is -0.530. The second-order valence-electron chi connectivity index (χ2n) is 1.67. The summed E-state index contributed by atoms with van der Waals surface area (Å²) in [4.78, 5) is 1.16. The lowest BCUT2D eigenvalue weighted by atomic mass is 10.5. The number of rotatable bonds is 2. The predicted molar refractivity (Wildman–Crippen MR) is 44.5 cm³/mol. The topological polar surface area (TPSA) is 35.8 Å². The van der Waals surface area contributed by atoms with Gasteiger partial charge in [-0.25, -0.2) is 0 Å². The van der Waals surface area contributed by atoms with Crippen LogP contribution in [0.4, 0.5) is 0 Å². The minimum absolute atomic E-state index is 0.632. The lowest BCUT2D eigenvalue weighted by molar-refractivity contribution is 0.901. The zero-order valence-electron chi connectivity index (χ0n) is 5.10. The lowest BCUT2D eigenvalue weighted by Gasteiger charge is -1.88. The van der Waals surface area contributed by atoms with E-state index >= 15 is 0 Å². The van der Waals surface area contributed by atoms with Crippen LogP contribution in [0.25, 0.3) is 0 Å². The molecule has 52 valence electrons. The van der Waals surface area contributed by atoms with Gasteiger partial charge in [-0.1, -0.05) is 0 Å². The fourth-order valence-corrected chi connectivity index (χ4v) is 2.00. The molecule has 1 rings (SSSR count). The van der Waals surface area contributed by atoms with Gasteiger partial charge in [0.1, 0.15) is 0 Å². The first-order chi connectivity index (χ1) is 4.83. The van der Waals surface area contributed by atoms with Gasteiger partial charge in [0.05, 0.1) is 10.3 Å². The molecule has 0 radical (unpaired) electrons. The Morgan fingerprint density at radius 3 is 3.00 bits per heavy atom. The molecule has 1 aromatic rings. The van der Waals surface area contributed by atoms with E-state index in [0.29, 0.717) is 6.54 Å². The molecule has 4 heteroatoms. The molecule has 0 saturated heterocycles. The Bertz CT molecular complexity index is 250. The highest BCUT2D eigenvalue weighted by molar-refractivity contribution is 9.11. The van der Waals surface area contributed by atoms with Crippen LogP contribution in [-0.2, 0) is 6.54 Å². The monoisotopic (exact) mass is 216 g/mol. The van der Waals surface area contributed by atoms with Crippen molar-refractivity contribution in [3.63, 3.8) is 0 Å². The number of hydrogen-bond donors (Lipinski definition) is 1. The van der Waals surface area contributed by atoms with Gasteiger partial charge in [-0.15, -0.1) is 11.3 Å². The number of halogens is 1. The van der Waals surface area contributed by atoms with Crippen LogP contribution in [0.3, 0.4) is 0 Å². The molecule has 0 fully saturated rings. The molecule has 2 nitrogen and oxygen atoms in total. The van der Waals surface area contributed by atoms with E-state index < -0.39 is 0 Å². The molecule has 0 spiro atoms. The SMILES string of the molecule is N#CNCc1ccc(Br)s1. The molecule has 10 heavy (non-hydrogen) atoms. The lowest BCUT2D eigenvalue weighted by Crippen LogP contribution is -2.01. The quantitative estimate of drug-likeness (QED) is 0.608. The summed E-state index contributed by atoms with van der Waals surface area (Å²) in [6, 6.07) is 3.96. The van der Waals surface area contributed by atoms with Crippen LogP contribution in [0, 0.1) is 11.5 Å². The summed E-state index contributed by atoms with van der Waals surface area (Å²) >= 11 is 4.96. The number of nitriles is 1. The van der Waals surface area contributed by atoms with E-state index in [0.717, 1.165) is 8.66 Å². The number of hydrogen-bond acceptors (Lipinski definition) is 3. The van der Waals surface area contributed by atoms with Gasteiger partial charge in [0.25, 0.3) is 0 Å². The number of nitrogens with zero attached hydrogens (tertiary/aromatic N) is 1. The zero-order valence-corrected chi connectivity index (χ0v) is 7.50. The number of thiophene rings is 1. The van der Waals surface area contributed by atoms with Crippen molar-refractivity contribution in [2.24, 2.45) is 0 Å². The summed E-state index contributed by atoms with van der Waals surface area (Å²) in [5.41, 5.74) is 0. The standard InChI is InChI=1S/C6H5BrN2S/c7-6-2-1-5(10-6)3-9-4-8/h1-2,9H,3H2. The molecule has 1 aromatic heterocycles. The van der Waals surface area contributed by atoms with Gasteiger partial charge in [0, 0.05) is 4.88 Å². The van der Waals surface area contributed by atoms with Crippen molar-refractivity contribution in [2.75, 3.05) is 0 Å². The first-order valence-corrected chi connectivity index (χ1v) is 4.30. The largest absolute Gasteiger partial charge is 0.319 e. The van der Waals surface area contributed by atoms with E-state index in [1.807, 2.05) is 18.3 Å². The second-order valence-corrected chi connectivity index (χ2v) is 4.22. The molecule has 0 aliphatic rings. The van der Waals surface area contributed by atoms with Gasteiger partial charge in [0.15, 0.2) is 6.19 Å². The van der Waals surface area contributed by atoms with Crippen LogP contribution < -0.4 is 5.32 Å². The average Bonchev–Trinajstić information content (AvgIpc) is 2.31. The molecular weight excluding hydrogens is 212 g/mol. The molecular formula is C6H5BrN2S. The molecule has 0 saturated carbocycles. The van der Waals surface area contributed by atoms with Crippen LogP contribution in [0.15, 0.2) is 15.9 Å². The molecule has 0 aliphatic heterocycles. The fraction of sp³-hybridized carbons (Fsp3) is 0.167. The van der Waals surface area contributed by atoms with Gasteiger partial charge in [-0.3, -0.25) is 0 Å². The minimum atomic E-state index is 0.632. The van der Waals surface area contributed by atoms with E-state index in [-0.39, 0.29) is 0 Å². The molecule has 0 unspecified atom stereocenters. The normalized spacial score (nSPS) is 8.80. The van der Waals surface area contributed by atoms with Crippen LogP contribution in [0.5, 0.6) is 0 Å². The average molecular weight is 217 g/mol. The van der Waals surface area contributed by atoms with Crippen molar-refractivity contribution in [3.8, 4) is 6.19 Å². The highest BCUT2D eigenvalue weighted by Gasteiger charge is 1.94. The zero-order chi connectivity index (χ0) is 7.40. The molecule has 1 heterocycles. The molecule has 0 aliphatic carbocycles. The minimum Gasteiger partial charge on any atom is -0.319 e. The van der Waals surface area contributed by atoms with Crippen LogP contribution >= 0.6 is 27.3 Å². The van der Waals surface area contributed by atoms with E-state index in [1.54, 1.807) is 11.3 Å². The summed E-state index contributed by atoms with van der Waals surface area (Å²) in [7, 11) is 0.